The number of hydrogen-bond acceptors (Lipinski definition) is 3. The first-order valence-corrected chi connectivity index (χ1v) is 6.87. The van der Waals surface area contributed by atoms with Gasteiger partial charge in [-0.1, -0.05) is 12.8 Å². The number of hydrogen-bond donors (Lipinski definition) is 0. The molecule has 1 aromatic heterocycles. The van der Waals surface area contributed by atoms with Crippen LogP contribution in [0.2, 0.25) is 0 Å². The zero-order valence-electron chi connectivity index (χ0n) is 11.4. The molecular formula is C14H23N3O. The van der Waals surface area contributed by atoms with E-state index < -0.39 is 0 Å². The number of rotatable bonds is 4. The summed E-state index contributed by atoms with van der Waals surface area (Å²) in [7, 11) is 1.94. The number of Topliss-reactive ketones (excluding diaryl/α,β-unsaturated/α-hetero) is 1. The molecule has 18 heavy (non-hydrogen) atoms. The Bertz CT molecular complexity index is 399. The van der Waals surface area contributed by atoms with Crippen molar-refractivity contribution in [1.29, 1.82) is 0 Å². The molecule has 0 N–H and O–H groups in total. The summed E-state index contributed by atoms with van der Waals surface area (Å²) in [6.45, 7) is 3.66. The summed E-state index contributed by atoms with van der Waals surface area (Å²) >= 11 is 0. The predicted octanol–water partition coefficient (Wildman–Crippen LogP) is 2.14. The average Bonchev–Trinajstić information content (AvgIpc) is 2.58. The summed E-state index contributed by atoms with van der Waals surface area (Å²) in [6.07, 6.45) is 7.58. The van der Waals surface area contributed by atoms with Crippen LogP contribution in [0.15, 0.2) is 12.3 Å². The molecule has 1 atom stereocenters. The lowest BCUT2D eigenvalue weighted by Crippen LogP contribution is -2.35. The van der Waals surface area contributed by atoms with Gasteiger partial charge in [0.2, 0.25) is 0 Å². The molecule has 0 saturated carbocycles. The molecule has 2 rings (SSSR count). The van der Waals surface area contributed by atoms with Crippen molar-refractivity contribution in [1.82, 2.24) is 14.7 Å². The molecule has 1 saturated heterocycles. The van der Waals surface area contributed by atoms with Crippen LogP contribution in [-0.4, -0.2) is 33.1 Å². The third kappa shape index (κ3) is 3.67. The normalized spacial score (nSPS) is 21.8. The third-order valence-electron chi connectivity index (χ3n) is 3.66. The number of likely N-dealkylation sites (tertiary alicyclic amines) is 1. The van der Waals surface area contributed by atoms with Crippen LogP contribution in [0.1, 0.15) is 44.7 Å². The third-order valence-corrected chi connectivity index (χ3v) is 3.66. The lowest BCUT2D eigenvalue weighted by Gasteiger charge is -2.28. The second-order valence-electron chi connectivity index (χ2n) is 5.36. The second kappa shape index (κ2) is 6.14. The number of aryl methyl sites for hydroxylation is 1. The van der Waals surface area contributed by atoms with Gasteiger partial charge in [-0.15, -0.1) is 0 Å². The molecule has 1 aliphatic rings. The van der Waals surface area contributed by atoms with Crippen LogP contribution in [0.4, 0.5) is 0 Å². The minimum Gasteiger partial charge on any atom is -0.300 e. The van der Waals surface area contributed by atoms with E-state index in [0.717, 1.165) is 25.2 Å². The monoisotopic (exact) mass is 249 g/mol. The molecule has 1 fully saturated rings. The summed E-state index contributed by atoms with van der Waals surface area (Å²) in [5, 5.41) is 4.44. The highest BCUT2D eigenvalue weighted by Gasteiger charge is 2.22. The molecule has 100 valence electrons. The molecule has 0 radical (unpaired) electrons. The lowest BCUT2D eigenvalue weighted by molar-refractivity contribution is -0.118. The first-order chi connectivity index (χ1) is 8.65. The van der Waals surface area contributed by atoms with Crippen LogP contribution in [-0.2, 0) is 18.4 Å². The van der Waals surface area contributed by atoms with Crippen LogP contribution < -0.4 is 0 Å². The molecule has 4 nitrogen and oxygen atoms in total. The van der Waals surface area contributed by atoms with Crippen molar-refractivity contribution < 1.29 is 4.79 Å². The average molecular weight is 249 g/mol. The van der Waals surface area contributed by atoms with Crippen molar-refractivity contribution in [2.75, 3.05) is 6.54 Å². The van der Waals surface area contributed by atoms with Crippen molar-refractivity contribution >= 4 is 5.78 Å². The molecule has 0 amide bonds. The fourth-order valence-electron chi connectivity index (χ4n) is 2.76. The van der Waals surface area contributed by atoms with E-state index in [0.29, 0.717) is 18.2 Å². The zero-order chi connectivity index (χ0) is 13.0. The van der Waals surface area contributed by atoms with Gasteiger partial charge in [-0.25, -0.2) is 0 Å². The Hall–Kier alpha value is -1.16. The van der Waals surface area contributed by atoms with Crippen molar-refractivity contribution in [2.24, 2.45) is 7.05 Å². The van der Waals surface area contributed by atoms with Gasteiger partial charge in [0.15, 0.2) is 0 Å². The standard InChI is InChI=1S/C14H23N3O/c1-12(18)10-14-6-4-3-5-8-17(14)11-13-7-9-16(2)15-13/h7,9,14H,3-6,8,10-11H2,1-2H3. The Kier molecular flexibility index (Phi) is 4.53. The van der Waals surface area contributed by atoms with E-state index in [9.17, 15) is 4.79 Å². The van der Waals surface area contributed by atoms with Crippen LogP contribution in [0.3, 0.4) is 0 Å². The van der Waals surface area contributed by atoms with Gasteiger partial charge in [-0.3, -0.25) is 14.4 Å². The quantitative estimate of drug-likeness (QED) is 0.820. The van der Waals surface area contributed by atoms with Crippen LogP contribution in [0.5, 0.6) is 0 Å². The highest BCUT2D eigenvalue weighted by Crippen LogP contribution is 2.21. The molecule has 1 unspecified atom stereocenters. The van der Waals surface area contributed by atoms with Gasteiger partial charge >= 0.3 is 0 Å². The first-order valence-electron chi connectivity index (χ1n) is 6.87. The van der Waals surface area contributed by atoms with Crippen LogP contribution in [0, 0.1) is 0 Å². The number of nitrogens with zero attached hydrogens (tertiary/aromatic N) is 3. The Morgan fingerprint density at radius 3 is 2.94 bits per heavy atom. The molecule has 0 aliphatic carbocycles. The fraction of sp³-hybridized carbons (Fsp3) is 0.714. The number of carbonyl (C=O) groups excluding carboxylic acids is 1. The minimum absolute atomic E-state index is 0.299. The first kappa shape index (κ1) is 13.3. The van der Waals surface area contributed by atoms with Gasteiger partial charge < -0.3 is 0 Å². The van der Waals surface area contributed by atoms with E-state index in [2.05, 4.69) is 16.1 Å². The van der Waals surface area contributed by atoms with Gasteiger partial charge in [-0.2, -0.15) is 5.10 Å². The van der Waals surface area contributed by atoms with Gasteiger partial charge in [0.05, 0.1) is 5.69 Å². The molecule has 0 aromatic carbocycles. The zero-order valence-corrected chi connectivity index (χ0v) is 11.4. The van der Waals surface area contributed by atoms with Gasteiger partial charge in [0, 0.05) is 32.3 Å². The van der Waals surface area contributed by atoms with Crippen molar-refractivity contribution in [2.45, 2.75) is 51.6 Å². The Morgan fingerprint density at radius 1 is 1.44 bits per heavy atom. The number of ketones is 1. The smallest absolute Gasteiger partial charge is 0.131 e. The molecule has 1 aliphatic heterocycles. The van der Waals surface area contributed by atoms with Crippen molar-refractivity contribution in [3.8, 4) is 0 Å². The van der Waals surface area contributed by atoms with E-state index in [4.69, 9.17) is 0 Å². The van der Waals surface area contributed by atoms with E-state index in [1.807, 2.05) is 17.9 Å². The van der Waals surface area contributed by atoms with Gasteiger partial charge in [0.1, 0.15) is 5.78 Å². The molecular weight excluding hydrogens is 226 g/mol. The maximum Gasteiger partial charge on any atom is 0.131 e. The number of carbonyl (C=O) groups is 1. The largest absolute Gasteiger partial charge is 0.300 e. The summed E-state index contributed by atoms with van der Waals surface area (Å²) in [5.74, 6) is 0.299. The van der Waals surface area contributed by atoms with E-state index in [-0.39, 0.29) is 0 Å². The number of aromatic nitrogens is 2. The Labute approximate surface area is 109 Å². The minimum atomic E-state index is 0.299. The molecule has 0 spiro atoms. The van der Waals surface area contributed by atoms with E-state index in [1.165, 1.54) is 19.3 Å². The topological polar surface area (TPSA) is 38.1 Å². The van der Waals surface area contributed by atoms with Crippen molar-refractivity contribution in [3.05, 3.63) is 18.0 Å². The second-order valence-corrected chi connectivity index (χ2v) is 5.36. The Morgan fingerprint density at radius 2 is 2.28 bits per heavy atom. The molecule has 4 heteroatoms. The van der Waals surface area contributed by atoms with Gasteiger partial charge in [-0.05, 0) is 32.4 Å². The van der Waals surface area contributed by atoms with Gasteiger partial charge in [0.25, 0.3) is 0 Å². The molecule has 1 aromatic rings. The summed E-state index contributed by atoms with van der Waals surface area (Å²) in [5.41, 5.74) is 1.10. The molecule has 2 heterocycles. The fourth-order valence-corrected chi connectivity index (χ4v) is 2.76. The highest BCUT2D eigenvalue weighted by atomic mass is 16.1. The highest BCUT2D eigenvalue weighted by molar-refractivity contribution is 5.76. The predicted molar refractivity (Wildman–Crippen MR) is 71.2 cm³/mol. The summed E-state index contributed by atoms with van der Waals surface area (Å²) in [4.78, 5) is 13.8. The van der Waals surface area contributed by atoms with E-state index >= 15 is 0 Å². The maximum absolute atomic E-state index is 11.4. The van der Waals surface area contributed by atoms with Crippen LogP contribution >= 0.6 is 0 Å². The van der Waals surface area contributed by atoms with E-state index in [1.54, 1.807) is 6.92 Å². The van der Waals surface area contributed by atoms with Crippen LogP contribution in [0.25, 0.3) is 0 Å². The van der Waals surface area contributed by atoms with Crippen molar-refractivity contribution in [3.63, 3.8) is 0 Å². The maximum atomic E-state index is 11.4. The molecule has 0 bridgehead atoms. The Balaban J connectivity index is 2.02. The summed E-state index contributed by atoms with van der Waals surface area (Å²) in [6, 6.07) is 2.47. The summed E-state index contributed by atoms with van der Waals surface area (Å²) < 4.78 is 1.84. The lowest BCUT2D eigenvalue weighted by atomic mass is 10.0. The SMILES string of the molecule is CC(=O)CC1CCCCCN1Cc1ccn(C)n1.